The normalized spacial score (nSPS) is 20.1. The van der Waals surface area contributed by atoms with Gasteiger partial charge in [0.15, 0.2) is 0 Å². The summed E-state index contributed by atoms with van der Waals surface area (Å²) in [5.41, 5.74) is 1.96. The molecule has 1 aliphatic rings. The van der Waals surface area contributed by atoms with Crippen LogP contribution >= 0.6 is 0 Å². The molecule has 0 spiro atoms. The molecule has 0 N–H and O–H groups in total. The van der Waals surface area contributed by atoms with Gasteiger partial charge in [-0.25, -0.2) is 0 Å². The van der Waals surface area contributed by atoms with Crippen molar-refractivity contribution in [3.05, 3.63) is 59.7 Å². The Morgan fingerprint density at radius 3 is 2.07 bits per heavy atom. The lowest BCUT2D eigenvalue weighted by Gasteiger charge is -2.44. The highest BCUT2D eigenvalue weighted by Gasteiger charge is 2.32. The molecule has 150 valence electrons. The van der Waals surface area contributed by atoms with Crippen LogP contribution in [0.5, 0.6) is 11.5 Å². The third-order valence-electron chi connectivity index (χ3n) is 5.49. The van der Waals surface area contributed by atoms with Crippen molar-refractivity contribution in [1.82, 2.24) is 9.80 Å². The number of nitrogens with zero attached hydrogens (tertiary/aromatic N) is 2. The average Bonchev–Trinajstić information content (AvgIpc) is 2.72. The lowest BCUT2D eigenvalue weighted by atomic mass is 10.0. The van der Waals surface area contributed by atoms with Crippen molar-refractivity contribution >= 4 is 5.91 Å². The van der Waals surface area contributed by atoms with Crippen LogP contribution in [0, 0.1) is 0 Å². The van der Waals surface area contributed by atoms with Gasteiger partial charge in [0.2, 0.25) is 0 Å². The van der Waals surface area contributed by atoms with Crippen molar-refractivity contribution in [3.63, 3.8) is 0 Å². The highest BCUT2D eigenvalue weighted by Crippen LogP contribution is 2.25. The molecule has 1 aliphatic heterocycles. The molecule has 2 aromatic carbocycles. The fourth-order valence-corrected chi connectivity index (χ4v) is 3.98. The molecule has 0 bridgehead atoms. The highest BCUT2D eigenvalue weighted by atomic mass is 16.5. The Kier molecular flexibility index (Phi) is 6.57. The number of carbonyl (C=O) groups excluding carboxylic acids is 1. The number of amides is 1. The van der Waals surface area contributed by atoms with Crippen molar-refractivity contribution in [2.75, 3.05) is 33.9 Å². The first-order valence-corrected chi connectivity index (χ1v) is 9.84. The zero-order chi connectivity index (χ0) is 20.1. The summed E-state index contributed by atoms with van der Waals surface area (Å²) in [7, 11) is 3.19. The summed E-state index contributed by atoms with van der Waals surface area (Å²) >= 11 is 0. The maximum absolute atomic E-state index is 13.1. The Hall–Kier alpha value is -2.53. The maximum Gasteiger partial charge on any atom is 0.254 e. The van der Waals surface area contributed by atoms with Gasteiger partial charge in [-0.15, -0.1) is 0 Å². The number of benzene rings is 2. The first-order valence-electron chi connectivity index (χ1n) is 9.84. The Morgan fingerprint density at radius 2 is 1.54 bits per heavy atom. The molecule has 2 unspecified atom stereocenters. The van der Waals surface area contributed by atoms with E-state index in [-0.39, 0.29) is 5.91 Å². The largest absolute Gasteiger partial charge is 0.497 e. The van der Waals surface area contributed by atoms with Crippen molar-refractivity contribution in [2.45, 2.75) is 32.4 Å². The van der Waals surface area contributed by atoms with Gasteiger partial charge in [-0.3, -0.25) is 9.69 Å². The summed E-state index contributed by atoms with van der Waals surface area (Å²) in [6.45, 7) is 6.84. The Labute approximate surface area is 167 Å². The summed E-state index contributed by atoms with van der Waals surface area (Å²) in [5.74, 6) is 1.29. The molecular formula is C23H30N2O3. The fourth-order valence-electron chi connectivity index (χ4n) is 3.98. The second kappa shape index (κ2) is 9.11. The van der Waals surface area contributed by atoms with Crippen LogP contribution in [0.2, 0.25) is 0 Å². The summed E-state index contributed by atoms with van der Waals surface area (Å²) in [5, 5.41) is 0. The van der Waals surface area contributed by atoms with Crippen molar-refractivity contribution in [3.8, 4) is 11.5 Å². The summed E-state index contributed by atoms with van der Waals surface area (Å²) in [6, 6.07) is 16.5. The van der Waals surface area contributed by atoms with E-state index in [1.807, 2.05) is 11.0 Å². The second-order valence-electron chi connectivity index (χ2n) is 7.48. The van der Waals surface area contributed by atoms with Crippen LogP contribution in [-0.4, -0.2) is 61.6 Å². The van der Waals surface area contributed by atoms with E-state index in [0.29, 0.717) is 29.1 Å². The fraction of sp³-hybridized carbons (Fsp3) is 0.435. The van der Waals surface area contributed by atoms with E-state index < -0.39 is 0 Å². The number of hydrogen-bond donors (Lipinski definition) is 0. The van der Waals surface area contributed by atoms with E-state index in [2.05, 4.69) is 43.0 Å². The van der Waals surface area contributed by atoms with Gasteiger partial charge in [0.05, 0.1) is 14.2 Å². The molecule has 0 aliphatic carbocycles. The number of carbonyl (C=O) groups is 1. The van der Waals surface area contributed by atoms with Crippen molar-refractivity contribution < 1.29 is 14.3 Å². The minimum atomic E-state index is 0.0265. The number of ether oxygens (including phenoxy) is 2. The first-order chi connectivity index (χ1) is 13.5. The van der Waals surface area contributed by atoms with Crippen LogP contribution < -0.4 is 9.47 Å². The van der Waals surface area contributed by atoms with Crippen LogP contribution in [0.4, 0.5) is 0 Å². The molecule has 1 fully saturated rings. The Morgan fingerprint density at radius 1 is 0.964 bits per heavy atom. The SMILES string of the molecule is COc1cc(OC)cc(C(=O)N2CC(C)N(CCc3ccccc3)C(C)C2)c1. The Bertz CT molecular complexity index is 759. The van der Waals surface area contributed by atoms with Crippen LogP contribution in [-0.2, 0) is 6.42 Å². The van der Waals surface area contributed by atoms with Gasteiger partial charge in [0.25, 0.3) is 5.91 Å². The summed E-state index contributed by atoms with van der Waals surface area (Å²) < 4.78 is 10.6. The number of rotatable bonds is 6. The van der Waals surface area contributed by atoms with Crippen molar-refractivity contribution in [1.29, 1.82) is 0 Å². The maximum atomic E-state index is 13.1. The molecule has 2 atom stereocenters. The highest BCUT2D eigenvalue weighted by molar-refractivity contribution is 5.95. The van der Waals surface area contributed by atoms with Gasteiger partial charge in [-0.2, -0.15) is 0 Å². The van der Waals surface area contributed by atoms with Gasteiger partial charge < -0.3 is 14.4 Å². The van der Waals surface area contributed by atoms with E-state index in [0.717, 1.165) is 26.1 Å². The summed E-state index contributed by atoms with van der Waals surface area (Å²) in [4.78, 5) is 17.6. The third-order valence-corrected chi connectivity index (χ3v) is 5.49. The van der Waals surface area contributed by atoms with Crippen LogP contribution in [0.3, 0.4) is 0 Å². The number of piperazine rings is 1. The Balaban J connectivity index is 1.67. The molecule has 1 saturated heterocycles. The molecule has 5 heteroatoms. The lowest BCUT2D eigenvalue weighted by molar-refractivity contribution is 0.0311. The van der Waals surface area contributed by atoms with E-state index in [4.69, 9.17) is 9.47 Å². The number of methoxy groups -OCH3 is 2. The van der Waals surface area contributed by atoms with Crippen molar-refractivity contribution in [2.24, 2.45) is 0 Å². The van der Waals surface area contributed by atoms with E-state index in [1.165, 1.54) is 5.56 Å². The van der Waals surface area contributed by atoms with Gasteiger partial charge in [-0.1, -0.05) is 30.3 Å². The van der Waals surface area contributed by atoms with E-state index in [9.17, 15) is 4.79 Å². The smallest absolute Gasteiger partial charge is 0.254 e. The molecule has 1 amide bonds. The predicted octanol–water partition coefficient (Wildman–Crippen LogP) is 3.48. The van der Waals surface area contributed by atoms with Crippen LogP contribution in [0.1, 0.15) is 29.8 Å². The topological polar surface area (TPSA) is 42.0 Å². The molecule has 1 heterocycles. The zero-order valence-corrected chi connectivity index (χ0v) is 17.2. The molecule has 2 aromatic rings. The molecule has 3 rings (SSSR count). The molecule has 28 heavy (non-hydrogen) atoms. The van der Waals surface area contributed by atoms with Gasteiger partial charge in [-0.05, 0) is 38.0 Å². The molecule has 0 radical (unpaired) electrons. The average molecular weight is 383 g/mol. The predicted molar refractivity (Wildman–Crippen MR) is 111 cm³/mol. The van der Waals surface area contributed by atoms with Gasteiger partial charge >= 0.3 is 0 Å². The van der Waals surface area contributed by atoms with E-state index in [1.54, 1.807) is 32.4 Å². The van der Waals surface area contributed by atoms with Gasteiger partial charge in [0, 0.05) is 43.3 Å². The minimum Gasteiger partial charge on any atom is -0.497 e. The zero-order valence-electron chi connectivity index (χ0n) is 17.2. The third kappa shape index (κ3) is 4.65. The molecule has 0 aromatic heterocycles. The standard InChI is InChI=1S/C23H30N2O3/c1-17-15-24(23(26)20-12-21(27-3)14-22(13-20)28-4)16-18(2)25(17)11-10-19-8-6-5-7-9-19/h5-9,12-14,17-18H,10-11,15-16H2,1-4H3. The quantitative estimate of drug-likeness (QED) is 0.767. The monoisotopic (exact) mass is 382 g/mol. The van der Waals surface area contributed by atoms with Gasteiger partial charge in [0.1, 0.15) is 11.5 Å². The van der Waals surface area contributed by atoms with Crippen LogP contribution in [0.25, 0.3) is 0 Å². The molecular weight excluding hydrogens is 352 g/mol. The lowest BCUT2D eigenvalue weighted by Crippen LogP contribution is -2.58. The number of hydrogen-bond acceptors (Lipinski definition) is 4. The minimum absolute atomic E-state index is 0.0265. The first kappa shape index (κ1) is 20.2. The second-order valence-corrected chi connectivity index (χ2v) is 7.48. The molecule has 0 saturated carbocycles. The molecule has 5 nitrogen and oxygen atoms in total. The van der Waals surface area contributed by atoms with E-state index >= 15 is 0 Å². The summed E-state index contributed by atoms with van der Waals surface area (Å²) in [6.07, 6.45) is 1.02. The van der Waals surface area contributed by atoms with Crippen LogP contribution in [0.15, 0.2) is 48.5 Å².